The van der Waals surface area contributed by atoms with E-state index in [-0.39, 0.29) is 5.41 Å². The average Bonchev–Trinajstić information content (AvgIpc) is 2.89. The molecular weight excluding hydrogens is 304 g/mol. The number of Topliss-reactive ketones (excluding diaryl/α,β-unsaturated/α-hetero) is 1. The Kier molecular flexibility index (Phi) is 4.67. The first kappa shape index (κ1) is 14.6. The molecule has 0 spiro atoms. The molecule has 1 aromatic carbocycles. The van der Waals surface area contributed by atoms with Crippen molar-refractivity contribution in [2.75, 3.05) is 7.11 Å². The molecule has 0 aliphatic heterocycles. The van der Waals surface area contributed by atoms with Crippen molar-refractivity contribution in [1.29, 1.82) is 0 Å². The van der Waals surface area contributed by atoms with E-state index in [1.807, 2.05) is 18.2 Å². The van der Waals surface area contributed by atoms with Gasteiger partial charge in [0.1, 0.15) is 11.5 Å². The number of ether oxygens (including phenoxy) is 1. The minimum atomic E-state index is -0.0761. The summed E-state index contributed by atoms with van der Waals surface area (Å²) in [5, 5.41) is 0. The highest BCUT2D eigenvalue weighted by Gasteiger charge is 2.38. The lowest BCUT2D eigenvalue weighted by Crippen LogP contribution is -2.29. The second-order valence-electron chi connectivity index (χ2n) is 5.40. The van der Waals surface area contributed by atoms with Gasteiger partial charge in [0.15, 0.2) is 0 Å². The summed E-state index contributed by atoms with van der Waals surface area (Å²) in [6.07, 6.45) is 5.93. The van der Waals surface area contributed by atoms with Gasteiger partial charge in [-0.2, -0.15) is 0 Å². The second-order valence-corrected chi connectivity index (χ2v) is 6.31. The van der Waals surface area contributed by atoms with Gasteiger partial charge in [0.2, 0.25) is 0 Å². The highest BCUT2D eigenvalue weighted by Crippen LogP contribution is 2.43. The Morgan fingerprint density at radius 2 is 2.05 bits per heavy atom. The third kappa shape index (κ3) is 3.02. The van der Waals surface area contributed by atoms with Gasteiger partial charge in [-0.3, -0.25) is 4.79 Å². The predicted octanol–water partition coefficient (Wildman–Crippen LogP) is 4.54. The van der Waals surface area contributed by atoms with Crippen molar-refractivity contribution >= 4 is 21.7 Å². The molecule has 0 heterocycles. The fourth-order valence-corrected chi connectivity index (χ4v) is 3.54. The van der Waals surface area contributed by atoms with Crippen LogP contribution >= 0.6 is 15.9 Å². The van der Waals surface area contributed by atoms with Crippen LogP contribution in [0.4, 0.5) is 0 Å². The van der Waals surface area contributed by atoms with Crippen molar-refractivity contribution in [1.82, 2.24) is 0 Å². The number of benzene rings is 1. The molecule has 0 unspecified atom stereocenters. The smallest absolute Gasteiger partial charge is 0.143 e. The summed E-state index contributed by atoms with van der Waals surface area (Å²) >= 11 is 3.46. The number of methoxy groups -OCH3 is 1. The number of carbonyl (C=O) groups excluding carboxylic acids is 1. The zero-order valence-corrected chi connectivity index (χ0v) is 13.3. The third-order valence-corrected chi connectivity index (χ3v) is 4.92. The molecule has 1 aliphatic rings. The number of hydrogen-bond donors (Lipinski definition) is 0. The van der Waals surface area contributed by atoms with E-state index >= 15 is 0 Å². The van der Waals surface area contributed by atoms with E-state index in [4.69, 9.17) is 4.74 Å². The first-order valence-electron chi connectivity index (χ1n) is 6.97. The lowest BCUT2D eigenvalue weighted by molar-refractivity contribution is -0.128. The summed E-state index contributed by atoms with van der Waals surface area (Å²) in [6.45, 7) is 2.14. The van der Waals surface area contributed by atoms with Gasteiger partial charge >= 0.3 is 0 Å². The molecule has 0 atom stereocenters. The summed E-state index contributed by atoms with van der Waals surface area (Å²) < 4.78 is 6.35. The Labute approximate surface area is 123 Å². The van der Waals surface area contributed by atoms with Crippen LogP contribution in [0.15, 0.2) is 22.7 Å². The first-order valence-corrected chi connectivity index (χ1v) is 7.76. The lowest BCUT2D eigenvalue weighted by Gasteiger charge is -2.26. The van der Waals surface area contributed by atoms with Crippen LogP contribution in [0.3, 0.4) is 0 Å². The summed E-state index contributed by atoms with van der Waals surface area (Å²) in [5.74, 6) is 1.18. The number of rotatable bonds is 5. The van der Waals surface area contributed by atoms with Gasteiger partial charge in [-0.1, -0.05) is 35.7 Å². The predicted molar refractivity (Wildman–Crippen MR) is 80.6 cm³/mol. The van der Waals surface area contributed by atoms with Crippen LogP contribution in [-0.4, -0.2) is 12.9 Å². The number of hydrogen-bond acceptors (Lipinski definition) is 2. The molecular formula is C16H21BrO2. The van der Waals surface area contributed by atoms with Crippen molar-refractivity contribution in [3.8, 4) is 5.75 Å². The fourth-order valence-electron chi connectivity index (χ4n) is 3.13. The molecule has 0 amide bonds. The molecule has 0 saturated heterocycles. The van der Waals surface area contributed by atoms with Crippen LogP contribution in [0.25, 0.3) is 0 Å². The van der Waals surface area contributed by atoms with E-state index in [1.165, 1.54) is 12.8 Å². The molecule has 2 rings (SSSR count). The maximum absolute atomic E-state index is 12.7. The summed E-state index contributed by atoms with van der Waals surface area (Å²) in [5.41, 5.74) is 0.912. The van der Waals surface area contributed by atoms with Crippen LogP contribution in [0.5, 0.6) is 5.75 Å². The van der Waals surface area contributed by atoms with E-state index in [0.29, 0.717) is 12.2 Å². The van der Waals surface area contributed by atoms with E-state index in [9.17, 15) is 4.79 Å². The topological polar surface area (TPSA) is 26.3 Å². The molecule has 1 fully saturated rings. The third-order valence-electron chi connectivity index (χ3n) is 4.42. The van der Waals surface area contributed by atoms with Crippen molar-refractivity contribution in [3.63, 3.8) is 0 Å². The molecule has 0 N–H and O–H groups in total. The molecule has 19 heavy (non-hydrogen) atoms. The minimum Gasteiger partial charge on any atom is -0.496 e. The average molecular weight is 325 g/mol. The highest BCUT2D eigenvalue weighted by atomic mass is 79.9. The van der Waals surface area contributed by atoms with Gasteiger partial charge in [0.05, 0.1) is 7.11 Å². The Morgan fingerprint density at radius 3 is 2.63 bits per heavy atom. The zero-order valence-electron chi connectivity index (χ0n) is 11.7. The minimum absolute atomic E-state index is 0.0761. The van der Waals surface area contributed by atoms with Crippen LogP contribution in [-0.2, 0) is 11.2 Å². The fraction of sp³-hybridized carbons (Fsp3) is 0.562. The summed E-state index contributed by atoms with van der Waals surface area (Å²) in [7, 11) is 1.66. The van der Waals surface area contributed by atoms with Crippen molar-refractivity contribution < 1.29 is 9.53 Å². The normalized spacial score (nSPS) is 17.4. The summed E-state index contributed by atoms with van der Waals surface area (Å²) in [6, 6.07) is 5.85. The molecule has 1 aliphatic carbocycles. The van der Waals surface area contributed by atoms with E-state index in [1.54, 1.807) is 7.11 Å². The molecule has 0 radical (unpaired) electrons. The SMILES string of the molecule is CCC1(C(=O)Cc2cc(Br)ccc2OC)CCCC1. The van der Waals surface area contributed by atoms with Gasteiger partial charge in [-0.05, 0) is 37.5 Å². The quantitative estimate of drug-likeness (QED) is 0.794. The van der Waals surface area contributed by atoms with Gasteiger partial charge in [-0.25, -0.2) is 0 Å². The molecule has 2 nitrogen and oxygen atoms in total. The number of carbonyl (C=O) groups is 1. The molecule has 3 heteroatoms. The van der Waals surface area contributed by atoms with Gasteiger partial charge in [-0.15, -0.1) is 0 Å². The number of halogens is 1. The van der Waals surface area contributed by atoms with Crippen LogP contribution in [0.1, 0.15) is 44.6 Å². The standard InChI is InChI=1S/C16H21BrO2/c1-3-16(8-4-5-9-16)15(18)11-12-10-13(17)6-7-14(12)19-2/h6-7,10H,3-5,8-9,11H2,1-2H3. The molecule has 1 saturated carbocycles. The maximum Gasteiger partial charge on any atom is 0.143 e. The Morgan fingerprint density at radius 1 is 1.37 bits per heavy atom. The van der Waals surface area contributed by atoms with Gasteiger partial charge in [0.25, 0.3) is 0 Å². The Balaban J connectivity index is 2.20. The first-order chi connectivity index (χ1) is 9.11. The van der Waals surface area contributed by atoms with E-state index < -0.39 is 0 Å². The van der Waals surface area contributed by atoms with Crippen molar-refractivity contribution in [2.24, 2.45) is 5.41 Å². The van der Waals surface area contributed by atoms with Gasteiger partial charge in [0, 0.05) is 21.9 Å². The Hall–Kier alpha value is -0.830. The van der Waals surface area contributed by atoms with Crippen LogP contribution in [0.2, 0.25) is 0 Å². The Bertz CT molecular complexity index is 462. The second kappa shape index (κ2) is 6.08. The maximum atomic E-state index is 12.7. The zero-order chi connectivity index (χ0) is 13.9. The summed E-state index contributed by atoms with van der Waals surface area (Å²) in [4.78, 5) is 12.7. The molecule has 0 aromatic heterocycles. The van der Waals surface area contributed by atoms with E-state index in [2.05, 4.69) is 22.9 Å². The molecule has 0 bridgehead atoms. The van der Waals surface area contributed by atoms with Crippen LogP contribution < -0.4 is 4.74 Å². The van der Waals surface area contributed by atoms with Crippen molar-refractivity contribution in [3.05, 3.63) is 28.2 Å². The monoisotopic (exact) mass is 324 g/mol. The van der Waals surface area contributed by atoms with Crippen molar-refractivity contribution in [2.45, 2.75) is 45.4 Å². The molecule has 1 aromatic rings. The van der Waals surface area contributed by atoms with E-state index in [0.717, 1.165) is 35.0 Å². The largest absolute Gasteiger partial charge is 0.496 e. The lowest BCUT2D eigenvalue weighted by atomic mass is 9.77. The number of ketones is 1. The highest BCUT2D eigenvalue weighted by molar-refractivity contribution is 9.10. The molecule has 104 valence electrons. The van der Waals surface area contributed by atoms with Gasteiger partial charge < -0.3 is 4.74 Å². The van der Waals surface area contributed by atoms with Crippen LogP contribution in [0, 0.1) is 5.41 Å².